The van der Waals surface area contributed by atoms with Gasteiger partial charge in [-0.2, -0.15) is 0 Å². The minimum atomic E-state index is 0.569. The van der Waals surface area contributed by atoms with Crippen LogP contribution in [0.5, 0.6) is 0 Å². The zero-order valence-corrected chi connectivity index (χ0v) is 8.53. The van der Waals surface area contributed by atoms with Gasteiger partial charge in [0, 0.05) is 15.6 Å². The Labute approximate surface area is 79.8 Å². The van der Waals surface area contributed by atoms with E-state index in [-0.39, 0.29) is 0 Å². The Hall–Kier alpha value is 0.770. The maximum Gasteiger partial charge on any atom is 0.0403 e. The number of alkyl halides is 2. The zero-order chi connectivity index (χ0) is 7.43. The molecule has 0 saturated heterocycles. The van der Waals surface area contributed by atoms with Crippen LogP contribution in [-0.2, 0) is 0 Å². The summed E-state index contributed by atoms with van der Waals surface area (Å²) in [6.07, 6.45) is 3.01. The summed E-state index contributed by atoms with van der Waals surface area (Å²) in [4.78, 5) is 0. The Bertz CT molecular complexity index is 266. The van der Waals surface area contributed by atoms with E-state index in [2.05, 4.69) is 15.9 Å². The third-order valence-electron chi connectivity index (χ3n) is 4.85. The Morgan fingerprint density at radius 2 is 2.27 bits per heavy atom. The van der Waals surface area contributed by atoms with Crippen LogP contribution in [0.25, 0.3) is 0 Å². The van der Waals surface area contributed by atoms with Gasteiger partial charge in [-0.15, -0.1) is 11.6 Å². The predicted molar refractivity (Wildman–Crippen MR) is 48.0 cm³/mol. The third kappa shape index (κ3) is 0.379. The van der Waals surface area contributed by atoms with Crippen molar-refractivity contribution in [3.05, 3.63) is 0 Å². The molecule has 0 amide bonds. The maximum absolute atomic E-state index is 6.03. The van der Waals surface area contributed by atoms with E-state index in [1.807, 2.05) is 0 Å². The molecule has 4 fully saturated rings. The van der Waals surface area contributed by atoms with Crippen molar-refractivity contribution < 1.29 is 0 Å². The Balaban J connectivity index is 1.81. The fourth-order valence-electron chi connectivity index (χ4n) is 4.14. The summed E-state index contributed by atoms with van der Waals surface area (Å²) in [7, 11) is 0. The summed E-state index contributed by atoms with van der Waals surface area (Å²) in [5, 5.41) is 0. The summed E-state index contributed by atoms with van der Waals surface area (Å²) in [5.74, 6) is 5.08. The monoisotopic (exact) mass is 232 g/mol. The summed E-state index contributed by atoms with van der Waals surface area (Å²) >= 11 is 9.93. The highest BCUT2D eigenvalue weighted by Gasteiger charge is 3.00. The second kappa shape index (κ2) is 1.33. The molecule has 4 aliphatic carbocycles. The molecule has 0 heterocycles. The predicted octanol–water partition coefficient (Wildman–Crippen LogP) is 2.64. The Morgan fingerprint density at radius 3 is 2.82 bits per heavy atom. The molecule has 0 aliphatic heterocycles. The average molecular weight is 234 g/mol. The van der Waals surface area contributed by atoms with Crippen LogP contribution in [0.15, 0.2) is 0 Å². The Kier molecular flexibility index (Phi) is 0.758. The topological polar surface area (TPSA) is 0 Å². The van der Waals surface area contributed by atoms with E-state index in [0.29, 0.717) is 9.74 Å². The molecule has 0 radical (unpaired) electrons. The van der Waals surface area contributed by atoms with Crippen molar-refractivity contribution in [3.8, 4) is 0 Å². The van der Waals surface area contributed by atoms with Gasteiger partial charge in [-0.3, -0.25) is 0 Å². The van der Waals surface area contributed by atoms with Crippen LogP contribution < -0.4 is 0 Å². The lowest BCUT2D eigenvalue weighted by Gasteiger charge is -2.24. The van der Waals surface area contributed by atoms with Crippen LogP contribution in [0.1, 0.15) is 12.8 Å². The highest BCUT2D eigenvalue weighted by Crippen LogP contribution is 2.99. The number of hydrogen-bond acceptors (Lipinski definition) is 0. The molecule has 0 spiro atoms. The molecule has 0 aromatic rings. The molecule has 0 aromatic heterocycles. The van der Waals surface area contributed by atoms with Crippen LogP contribution in [0.2, 0.25) is 0 Å². The fraction of sp³-hybridized carbons (Fsp3) is 1.00. The first-order chi connectivity index (χ1) is 5.27. The van der Waals surface area contributed by atoms with E-state index < -0.39 is 0 Å². The average Bonchev–Trinajstić information content (AvgIpc) is 2.85. The van der Waals surface area contributed by atoms with Crippen LogP contribution in [-0.4, -0.2) is 10.2 Å². The van der Waals surface area contributed by atoms with Crippen molar-refractivity contribution >= 4 is 27.5 Å². The lowest BCUT2D eigenvalue weighted by molar-refractivity contribution is 0.278. The highest BCUT2D eigenvalue weighted by molar-refractivity contribution is 9.10. The Morgan fingerprint density at radius 1 is 1.45 bits per heavy atom. The third-order valence-corrected chi connectivity index (χ3v) is 7.07. The number of rotatable bonds is 1. The van der Waals surface area contributed by atoms with Crippen LogP contribution in [0.4, 0.5) is 0 Å². The van der Waals surface area contributed by atoms with Gasteiger partial charge in [0.2, 0.25) is 0 Å². The van der Waals surface area contributed by atoms with Crippen molar-refractivity contribution in [2.45, 2.75) is 17.2 Å². The van der Waals surface area contributed by atoms with Gasteiger partial charge in [-0.05, 0) is 36.5 Å². The van der Waals surface area contributed by atoms with E-state index >= 15 is 0 Å². The van der Waals surface area contributed by atoms with Gasteiger partial charge >= 0.3 is 0 Å². The molecule has 4 saturated carbocycles. The van der Waals surface area contributed by atoms with Gasteiger partial charge in [0.25, 0.3) is 0 Å². The first-order valence-corrected chi connectivity index (χ1v) is 5.84. The lowest BCUT2D eigenvalue weighted by atomic mass is 9.83. The minimum Gasteiger partial charge on any atom is -0.126 e. The molecule has 0 bridgehead atoms. The summed E-state index contributed by atoms with van der Waals surface area (Å²) in [6, 6.07) is 0. The molecule has 4 aliphatic rings. The molecule has 60 valence electrons. The van der Waals surface area contributed by atoms with Gasteiger partial charge in [0.05, 0.1) is 0 Å². The fourth-order valence-corrected chi connectivity index (χ4v) is 6.66. The summed E-state index contributed by atoms with van der Waals surface area (Å²) < 4.78 is 0.569. The molecule has 11 heavy (non-hydrogen) atoms. The van der Waals surface area contributed by atoms with Crippen molar-refractivity contribution in [1.82, 2.24) is 0 Å². The number of hydrogen-bond donors (Lipinski definition) is 0. The minimum absolute atomic E-state index is 0.569. The van der Waals surface area contributed by atoms with Gasteiger partial charge in [0.1, 0.15) is 0 Å². The summed E-state index contributed by atoms with van der Waals surface area (Å²) in [6.45, 7) is 0. The van der Waals surface area contributed by atoms with Crippen molar-refractivity contribution in [2.24, 2.45) is 29.1 Å². The van der Waals surface area contributed by atoms with Crippen LogP contribution in [0.3, 0.4) is 0 Å². The van der Waals surface area contributed by atoms with Crippen LogP contribution in [0, 0.1) is 29.1 Å². The molecule has 0 aromatic carbocycles. The van der Waals surface area contributed by atoms with Gasteiger partial charge in [-0.1, -0.05) is 15.9 Å². The molecule has 4 rings (SSSR count). The number of fused-ring (bicyclic) bond motifs is 4. The second-order valence-corrected chi connectivity index (χ2v) is 6.45. The van der Waals surface area contributed by atoms with E-state index in [4.69, 9.17) is 11.6 Å². The van der Waals surface area contributed by atoms with E-state index in [1.165, 1.54) is 12.8 Å². The molecule has 2 heteroatoms. The van der Waals surface area contributed by atoms with Crippen molar-refractivity contribution in [1.29, 1.82) is 0 Å². The first kappa shape index (κ1) is 6.26. The van der Waals surface area contributed by atoms with E-state index in [1.54, 1.807) is 0 Å². The number of halogens is 2. The zero-order valence-electron chi connectivity index (χ0n) is 6.19. The van der Waals surface area contributed by atoms with Crippen molar-refractivity contribution in [2.75, 3.05) is 5.88 Å². The van der Waals surface area contributed by atoms with E-state index in [9.17, 15) is 0 Å². The van der Waals surface area contributed by atoms with Gasteiger partial charge in [-0.25, -0.2) is 0 Å². The largest absolute Gasteiger partial charge is 0.126 e. The quantitative estimate of drug-likeness (QED) is 0.611. The molecule has 6 unspecified atom stereocenters. The standard InChI is InChI=1S/C9H10BrCl/c10-9-6-2-4-1-5(4)7(9)8(6,9)3-11/h4-7H,1-3H2. The van der Waals surface area contributed by atoms with E-state index in [0.717, 1.165) is 29.6 Å². The van der Waals surface area contributed by atoms with Crippen molar-refractivity contribution in [3.63, 3.8) is 0 Å². The normalized spacial score (nSPS) is 80.2. The van der Waals surface area contributed by atoms with Crippen LogP contribution >= 0.6 is 27.5 Å². The summed E-state index contributed by atoms with van der Waals surface area (Å²) in [5.41, 5.74) is 0.603. The molecular weight excluding hydrogens is 223 g/mol. The molecule has 0 nitrogen and oxygen atoms in total. The first-order valence-electron chi connectivity index (χ1n) is 4.51. The molecule has 0 N–H and O–H groups in total. The maximum atomic E-state index is 6.03. The van der Waals surface area contributed by atoms with Gasteiger partial charge < -0.3 is 0 Å². The SMILES string of the molecule is ClCC12C3CC4CC4C1C32Br. The smallest absolute Gasteiger partial charge is 0.0403 e. The molecule has 6 atom stereocenters. The highest BCUT2D eigenvalue weighted by atomic mass is 79.9. The molecular formula is C9H10BrCl. The van der Waals surface area contributed by atoms with Gasteiger partial charge in [0.15, 0.2) is 0 Å². The second-order valence-electron chi connectivity index (χ2n) is 4.87. The lowest BCUT2D eigenvalue weighted by Crippen LogP contribution is -2.22.